The van der Waals surface area contributed by atoms with Gasteiger partial charge in [-0.05, 0) is 60.7 Å². The Morgan fingerprint density at radius 1 is 1.16 bits per heavy atom. The lowest BCUT2D eigenvalue weighted by molar-refractivity contribution is 0.414. The van der Waals surface area contributed by atoms with Gasteiger partial charge in [0.05, 0.1) is 13.7 Å². The summed E-state index contributed by atoms with van der Waals surface area (Å²) in [5, 5.41) is 11.0. The molecule has 2 N–H and O–H groups in total. The zero-order valence-electron chi connectivity index (χ0n) is 18.3. The molecule has 0 aliphatic heterocycles. The number of ether oxygens (including phenoxy) is 1. The van der Waals surface area contributed by atoms with Crippen LogP contribution in [0.4, 0.5) is 0 Å². The fourth-order valence-corrected chi connectivity index (χ4v) is 3.11. The molecular weight excluding hydrogens is 503 g/mol. The van der Waals surface area contributed by atoms with Crippen LogP contribution in [-0.2, 0) is 6.54 Å². The molecule has 1 aromatic carbocycles. The van der Waals surface area contributed by atoms with Crippen molar-refractivity contribution in [2.24, 2.45) is 4.99 Å². The minimum atomic E-state index is 0. The number of nitrogens with one attached hydrogen (secondary N) is 2. The van der Waals surface area contributed by atoms with Crippen LogP contribution in [0.25, 0.3) is 5.82 Å². The van der Waals surface area contributed by atoms with Crippen LogP contribution in [0.5, 0.6) is 5.75 Å². The van der Waals surface area contributed by atoms with Crippen molar-refractivity contribution in [1.82, 2.24) is 25.4 Å². The Bertz CT molecular complexity index is 928. The van der Waals surface area contributed by atoms with E-state index in [1.54, 1.807) is 24.2 Å². The maximum Gasteiger partial charge on any atom is 0.191 e. The number of guanidine groups is 1. The topological polar surface area (TPSA) is 76.4 Å². The molecule has 3 aromatic rings. The van der Waals surface area contributed by atoms with E-state index in [-0.39, 0.29) is 24.0 Å². The Morgan fingerprint density at radius 3 is 2.65 bits per heavy atom. The van der Waals surface area contributed by atoms with Crippen LogP contribution in [0.1, 0.15) is 37.3 Å². The van der Waals surface area contributed by atoms with E-state index in [4.69, 9.17) is 9.73 Å². The van der Waals surface area contributed by atoms with Gasteiger partial charge in [-0.2, -0.15) is 5.10 Å². The van der Waals surface area contributed by atoms with Gasteiger partial charge in [0.2, 0.25) is 0 Å². The van der Waals surface area contributed by atoms with Crippen LogP contribution in [0.2, 0.25) is 0 Å². The molecule has 0 amide bonds. The smallest absolute Gasteiger partial charge is 0.191 e. The summed E-state index contributed by atoms with van der Waals surface area (Å²) in [5.41, 5.74) is 2.39. The molecule has 1 unspecified atom stereocenters. The van der Waals surface area contributed by atoms with Crippen LogP contribution in [0.15, 0.2) is 66.0 Å². The largest absolute Gasteiger partial charge is 0.497 e. The molecule has 166 valence electrons. The summed E-state index contributed by atoms with van der Waals surface area (Å²) in [6.07, 6.45) is 6.42. The average Bonchev–Trinajstić information content (AvgIpc) is 3.33. The van der Waals surface area contributed by atoms with Crippen LogP contribution < -0.4 is 15.4 Å². The van der Waals surface area contributed by atoms with Crippen molar-refractivity contribution in [1.29, 1.82) is 0 Å². The number of hydrogen-bond donors (Lipinski definition) is 2. The Hall–Kier alpha value is -2.62. The molecule has 0 radical (unpaired) electrons. The predicted molar refractivity (Wildman–Crippen MR) is 136 cm³/mol. The van der Waals surface area contributed by atoms with Crippen LogP contribution >= 0.6 is 24.0 Å². The Labute approximate surface area is 201 Å². The first-order valence-electron chi connectivity index (χ1n) is 10.3. The summed E-state index contributed by atoms with van der Waals surface area (Å²) in [6, 6.07) is 14.1. The standard InChI is InChI=1S/C23H30N6O.HI/c1-4-24-23(26-13-10-18(2)20-6-8-21(30-3)9-7-20)27-17-19-11-14-25-22(16-19)29-15-5-12-28-29;/h5-9,11-12,14-16,18H,4,10,13,17H2,1-3H3,(H2,24,26,27);1H. The Morgan fingerprint density at radius 2 is 1.97 bits per heavy atom. The van der Waals surface area contributed by atoms with Crippen molar-refractivity contribution in [3.8, 4) is 11.6 Å². The first kappa shape index (κ1) is 24.6. The van der Waals surface area contributed by atoms with Crippen molar-refractivity contribution >= 4 is 29.9 Å². The molecule has 3 rings (SSSR count). The van der Waals surface area contributed by atoms with Gasteiger partial charge in [0.15, 0.2) is 11.8 Å². The van der Waals surface area contributed by atoms with Gasteiger partial charge < -0.3 is 15.4 Å². The number of aliphatic imine (C=N–C) groups is 1. The monoisotopic (exact) mass is 534 g/mol. The van der Waals surface area contributed by atoms with Crippen molar-refractivity contribution in [3.05, 3.63) is 72.2 Å². The number of benzene rings is 1. The Balaban J connectivity index is 0.00000341. The summed E-state index contributed by atoms with van der Waals surface area (Å²) in [7, 11) is 1.69. The summed E-state index contributed by atoms with van der Waals surface area (Å²) < 4.78 is 6.98. The van der Waals surface area contributed by atoms with E-state index in [2.05, 4.69) is 46.7 Å². The van der Waals surface area contributed by atoms with Crippen LogP contribution in [0, 0.1) is 0 Å². The third kappa shape index (κ3) is 7.54. The van der Waals surface area contributed by atoms with E-state index < -0.39 is 0 Å². The van der Waals surface area contributed by atoms with Gasteiger partial charge in [0, 0.05) is 31.7 Å². The van der Waals surface area contributed by atoms with Gasteiger partial charge in [-0.25, -0.2) is 14.7 Å². The molecule has 0 spiro atoms. The van der Waals surface area contributed by atoms with Gasteiger partial charge in [-0.3, -0.25) is 0 Å². The van der Waals surface area contributed by atoms with Gasteiger partial charge >= 0.3 is 0 Å². The lowest BCUT2D eigenvalue weighted by Gasteiger charge is -2.15. The molecule has 8 heteroatoms. The summed E-state index contributed by atoms with van der Waals surface area (Å²) in [5.74, 6) is 2.94. The summed E-state index contributed by atoms with van der Waals surface area (Å²) in [6.45, 7) is 6.53. The minimum absolute atomic E-state index is 0. The molecule has 2 aromatic heterocycles. The number of methoxy groups -OCH3 is 1. The van der Waals surface area contributed by atoms with E-state index >= 15 is 0 Å². The van der Waals surface area contributed by atoms with E-state index in [1.165, 1.54) is 5.56 Å². The fourth-order valence-electron chi connectivity index (χ4n) is 3.11. The van der Waals surface area contributed by atoms with E-state index in [1.807, 2.05) is 36.5 Å². The zero-order chi connectivity index (χ0) is 21.2. The second-order valence-electron chi connectivity index (χ2n) is 7.06. The molecule has 2 heterocycles. The molecular formula is C23H31IN6O. The second kappa shape index (κ2) is 12.9. The molecule has 0 aliphatic rings. The normalized spacial score (nSPS) is 12.0. The molecule has 0 saturated carbocycles. The van der Waals surface area contributed by atoms with E-state index in [0.717, 1.165) is 42.6 Å². The highest BCUT2D eigenvalue weighted by Gasteiger charge is 2.07. The first-order chi connectivity index (χ1) is 14.7. The molecule has 0 fully saturated rings. The highest BCUT2D eigenvalue weighted by atomic mass is 127. The van der Waals surface area contributed by atoms with Crippen molar-refractivity contribution in [3.63, 3.8) is 0 Å². The van der Waals surface area contributed by atoms with Crippen molar-refractivity contribution < 1.29 is 4.74 Å². The fraction of sp³-hybridized carbons (Fsp3) is 0.348. The van der Waals surface area contributed by atoms with Gasteiger partial charge in [0.25, 0.3) is 0 Å². The Kier molecular flexibility index (Phi) is 10.3. The number of pyridine rings is 1. The predicted octanol–water partition coefficient (Wildman–Crippen LogP) is 4.14. The van der Waals surface area contributed by atoms with Crippen molar-refractivity contribution in [2.75, 3.05) is 20.2 Å². The van der Waals surface area contributed by atoms with Crippen LogP contribution in [0.3, 0.4) is 0 Å². The zero-order valence-corrected chi connectivity index (χ0v) is 20.6. The van der Waals surface area contributed by atoms with E-state index in [0.29, 0.717) is 12.5 Å². The number of halogens is 1. The lowest BCUT2D eigenvalue weighted by atomic mass is 9.98. The van der Waals surface area contributed by atoms with Crippen molar-refractivity contribution in [2.45, 2.75) is 32.7 Å². The SMILES string of the molecule is CCNC(=NCc1ccnc(-n2cccn2)c1)NCCC(C)c1ccc(OC)cc1.I. The third-order valence-electron chi connectivity index (χ3n) is 4.87. The average molecular weight is 534 g/mol. The quantitative estimate of drug-likeness (QED) is 0.245. The molecule has 7 nitrogen and oxygen atoms in total. The molecule has 0 aliphatic carbocycles. The van der Waals surface area contributed by atoms with Gasteiger partial charge in [0.1, 0.15) is 5.75 Å². The summed E-state index contributed by atoms with van der Waals surface area (Å²) >= 11 is 0. The molecule has 1 atom stereocenters. The lowest BCUT2D eigenvalue weighted by Crippen LogP contribution is -2.38. The second-order valence-corrected chi connectivity index (χ2v) is 7.06. The third-order valence-corrected chi connectivity index (χ3v) is 4.87. The molecule has 0 bridgehead atoms. The highest BCUT2D eigenvalue weighted by Crippen LogP contribution is 2.21. The number of aromatic nitrogens is 3. The highest BCUT2D eigenvalue weighted by molar-refractivity contribution is 14.0. The van der Waals surface area contributed by atoms with E-state index in [9.17, 15) is 0 Å². The first-order valence-corrected chi connectivity index (χ1v) is 10.3. The number of nitrogens with zero attached hydrogens (tertiary/aromatic N) is 4. The maximum absolute atomic E-state index is 5.24. The minimum Gasteiger partial charge on any atom is -0.497 e. The number of hydrogen-bond acceptors (Lipinski definition) is 4. The summed E-state index contributed by atoms with van der Waals surface area (Å²) in [4.78, 5) is 9.09. The van der Waals surface area contributed by atoms with Crippen LogP contribution in [-0.4, -0.2) is 40.9 Å². The molecule has 0 saturated heterocycles. The number of rotatable bonds is 9. The maximum atomic E-state index is 5.24. The molecule has 31 heavy (non-hydrogen) atoms. The van der Waals surface area contributed by atoms with Gasteiger partial charge in [-0.15, -0.1) is 24.0 Å². The van der Waals surface area contributed by atoms with Gasteiger partial charge in [-0.1, -0.05) is 19.1 Å².